The first kappa shape index (κ1) is 19.1. The fraction of sp³-hybridized carbons (Fsp3) is 0.381. The number of rotatable bonds is 4. The van der Waals surface area contributed by atoms with Crippen molar-refractivity contribution in [1.82, 2.24) is 20.2 Å². The summed E-state index contributed by atoms with van der Waals surface area (Å²) >= 11 is 1.71. The lowest BCUT2D eigenvalue weighted by molar-refractivity contribution is 0.0958. The van der Waals surface area contributed by atoms with Gasteiger partial charge in [0.2, 0.25) is 0 Å². The molecule has 0 unspecified atom stereocenters. The molecule has 5 heterocycles. The Morgan fingerprint density at radius 2 is 2.13 bits per heavy atom. The van der Waals surface area contributed by atoms with Crippen molar-refractivity contribution < 1.29 is 9.53 Å². The molecule has 156 valence electrons. The fourth-order valence-corrected chi connectivity index (χ4v) is 5.26. The third-order valence-corrected chi connectivity index (χ3v) is 6.83. The Balaban J connectivity index is 1.24. The molecule has 2 aliphatic heterocycles. The first-order chi connectivity index (χ1) is 14.6. The number of carbonyl (C=O) groups is 1. The Hall–Kier alpha value is -2.91. The Morgan fingerprint density at radius 1 is 1.30 bits per heavy atom. The van der Waals surface area contributed by atoms with Crippen LogP contribution in [0, 0.1) is 0 Å². The summed E-state index contributed by atoms with van der Waals surface area (Å²) in [5, 5.41) is 2.59. The number of amides is 1. The van der Waals surface area contributed by atoms with Crippen LogP contribution < -0.4 is 20.5 Å². The lowest BCUT2D eigenvalue weighted by atomic mass is 10.2. The molecular formula is C21H23N5O3S. The lowest BCUT2D eigenvalue weighted by Crippen LogP contribution is -2.45. The SMILES string of the molecule is CNC(=O)c1ccc(N2CCN(Cc3cc4[nH]c(=O)c5c(c4s3)OCC5)CC2)cn1. The van der Waals surface area contributed by atoms with Crippen LogP contribution in [0.25, 0.3) is 10.2 Å². The van der Waals surface area contributed by atoms with Gasteiger partial charge in [0.15, 0.2) is 0 Å². The summed E-state index contributed by atoms with van der Waals surface area (Å²) < 4.78 is 6.78. The van der Waals surface area contributed by atoms with Gasteiger partial charge in [-0.25, -0.2) is 4.98 Å². The molecule has 2 aliphatic rings. The standard InChI is InChI=1S/C21H23N5O3S/c1-22-21(28)16-3-2-13(11-23-16)26-7-5-25(6-8-26)12-14-10-17-19(30-14)18-15(4-9-29-18)20(27)24-17/h2-3,10-11H,4-9,12H2,1H3,(H,22,28)(H,24,27). The van der Waals surface area contributed by atoms with Gasteiger partial charge < -0.3 is 19.9 Å². The first-order valence-electron chi connectivity index (χ1n) is 10.1. The molecule has 1 fully saturated rings. The van der Waals surface area contributed by atoms with Crippen molar-refractivity contribution in [2.75, 3.05) is 44.7 Å². The van der Waals surface area contributed by atoms with Crippen LogP contribution >= 0.6 is 11.3 Å². The molecule has 3 aromatic rings. The number of thiophene rings is 1. The molecule has 8 nitrogen and oxygen atoms in total. The van der Waals surface area contributed by atoms with Gasteiger partial charge >= 0.3 is 0 Å². The molecule has 9 heteroatoms. The van der Waals surface area contributed by atoms with E-state index >= 15 is 0 Å². The zero-order chi connectivity index (χ0) is 20.7. The van der Waals surface area contributed by atoms with Gasteiger partial charge in [0.1, 0.15) is 11.4 Å². The van der Waals surface area contributed by atoms with Crippen LogP contribution in [-0.2, 0) is 13.0 Å². The van der Waals surface area contributed by atoms with Crippen molar-refractivity contribution in [3.63, 3.8) is 0 Å². The number of fused-ring (bicyclic) bond motifs is 3. The topological polar surface area (TPSA) is 90.6 Å². The molecule has 3 aromatic heterocycles. The van der Waals surface area contributed by atoms with Gasteiger partial charge in [-0.1, -0.05) is 0 Å². The van der Waals surface area contributed by atoms with Crippen LogP contribution in [0.5, 0.6) is 5.75 Å². The van der Waals surface area contributed by atoms with E-state index in [9.17, 15) is 9.59 Å². The Kier molecular flexibility index (Phi) is 4.92. The van der Waals surface area contributed by atoms with Crippen LogP contribution in [0.1, 0.15) is 20.9 Å². The average Bonchev–Trinajstić information content (AvgIpc) is 3.41. The van der Waals surface area contributed by atoms with Gasteiger partial charge in [-0.15, -0.1) is 11.3 Å². The maximum atomic E-state index is 12.2. The van der Waals surface area contributed by atoms with Gasteiger partial charge in [0.25, 0.3) is 11.5 Å². The van der Waals surface area contributed by atoms with E-state index in [1.54, 1.807) is 30.6 Å². The number of hydrogen-bond acceptors (Lipinski definition) is 7. The van der Waals surface area contributed by atoms with E-state index in [0.717, 1.165) is 59.9 Å². The molecule has 2 N–H and O–H groups in total. The Labute approximate surface area is 177 Å². The maximum Gasteiger partial charge on any atom is 0.269 e. The third kappa shape index (κ3) is 3.44. The van der Waals surface area contributed by atoms with E-state index in [1.165, 1.54) is 4.88 Å². The minimum absolute atomic E-state index is 0.0241. The van der Waals surface area contributed by atoms with Crippen LogP contribution in [0.4, 0.5) is 5.69 Å². The normalized spacial score (nSPS) is 16.5. The number of aromatic nitrogens is 2. The number of piperazine rings is 1. The van der Waals surface area contributed by atoms with Crippen LogP contribution in [0.3, 0.4) is 0 Å². The number of hydrogen-bond donors (Lipinski definition) is 2. The molecular weight excluding hydrogens is 402 g/mol. The van der Waals surface area contributed by atoms with E-state index in [0.29, 0.717) is 18.7 Å². The number of aromatic amines is 1. The second kappa shape index (κ2) is 7.73. The second-order valence-corrected chi connectivity index (χ2v) is 8.70. The first-order valence-corrected chi connectivity index (χ1v) is 10.9. The predicted molar refractivity (Wildman–Crippen MR) is 117 cm³/mol. The number of anilines is 1. The Bertz CT molecular complexity index is 1150. The molecule has 5 rings (SSSR count). The van der Waals surface area contributed by atoms with Crippen LogP contribution in [0.15, 0.2) is 29.2 Å². The second-order valence-electron chi connectivity index (χ2n) is 7.56. The van der Waals surface area contributed by atoms with Crippen molar-refractivity contribution in [3.05, 3.63) is 50.9 Å². The summed E-state index contributed by atoms with van der Waals surface area (Å²) in [7, 11) is 1.60. The molecule has 1 saturated heterocycles. The highest BCUT2D eigenvalue weighted by atomic mass is 32.1. The number of carbonyl (C=O) groups excluding carboxylic acids is 1. The van der Waals surface area contributed by atoms with Gasteiger partial charge in [-0.2, -0.15) is 0 Å². The molecule has 0 atom stereocenters. The largest absolute Gasteiger partial charge is 0.491 e. The number of nitrogens with one attached hydrogen (secondary N) is 2. The number of pyridine rings is 2. The van der Waals surface area contributed by atoms with Crippen molar-refractivity contribution >= 4 is 33.1 Å². The smallest absolute Gasteiger partial charge is 0.269 e. The molecule has 0 aliphatic carbocycles. The predicted octanol–water partition coefficient (Wildman–Crippen LogP) is 1.60. The van der Waals surface area contributed by atoms with E-state index in [1.807, 2.05) is 6.07 Å². The minimum Gasteiger partial charge on any atom is -0.491 e. The van der Waals surface area contributed by atoms with Gasteiger partial charge in [0, 0.05) is 51.1 Å². The van der Waals surface area contributed by atoms with E-state index in [4.69, 9.17) is 4.74 Å². The van der Waals surface area contributed by atoms with Crippen molar-refractivity contribution in [1.29, 1.82) is 0 Å². The van der Waals surface area contributed by atoms with Gasteiger partial charge in [-0.3, -0.25) is 14.5 Å². The highest BCUT2D eigenvalue weighted by molar-refractivity contribution is 7.19. The van der Waals surface area contributed by atoms with Crippen molar-refractivity contribution in [2.45, 2.75) is 13.0 Å². The fourth-order valence-electron chi connectivity index (χ4n) is 4.07. The van der Waals surface area contributed by atoms with Gasteiger partial charge in [0.05, 0.1) is 34.3 Å². The molecule has 0 saturated carbocycles. The summed E-state index contributed by atoms with van der Waals surface area (Å²) in [6.07, 6.45) is 2.46. The summed E-state index contributed by atoms with van der Waals surface area (Å²) in [6, 6.07) is 5.80. The van der Waals surface area contributed by atoms with E-state index in [-0.39, 0.29) is 11.5 Å². The lowest BCUT2D eigenvalue weighted by Gasteiger charge is -2.35. The molecule has 0 radical (unpaired) electrons. The molecule has 1 amide bonds. The summed E-state index contributed by atoms with van der Waals surface area (Å²) in [5.41, 5.74) is 3.10. The highest BCUT2D eigenvalue weighted by Crippen LogP contribution is 2.36. The molecule has 0 spiro atoms. The molecule has 30 heavy (non-hydrogen) atoms. The summed E-state index contributed by atoms with van der Waals surface area (Å²) in [5.74, 6) is 0.606. The third-order valence-electron chi connectivity index (χ3n) is 5.71. The zero-order valence-corrected chi connectivity index (χ0v) is 17.6. The summed E-state index contributed by atoms with van der Waals surface area (Å²) in [6.45, 7) is 5.14. The maximum absolute atomic E-state index is 12.2. The molecule has 0 bridgehead atoms. The Morgan fingerprint density at radius 3 is 2.87 bits per heavy atom. The number of ether oxygens (including phenoxy) is 1. The van der Waals surface area contributed by atoms with E-state index < -0.39 is 0 Å². The molecule has 0 aromatic carbocycles. The highest BCUT2D eigenvalue weighted by Gasteiger charge is 2.23. The van der Waals surface area contributed by atoms with Gasteiger partial charge in [-0.05, 0) is 18.2 Å². The van der Waals surface area contributed by atoms with Crippen molar-refractivity contribution in [3.8, 4) is 5.75 Å². The monoisotopic (exact) mass is 425 g/mol. The quantitative estimate of drug-likeness (QED) is 0.660. The minimum atomic E-state index is -0.174. The zero-order valence-electron chi connectivity index (χ0n) is 16.7. The van der Waals surface area contributed by atoms with E-state index in [2.05, 4.69) is 31.2 Å². The summed E-state index contributed by atoms with van der Waals surface area (Å²) in [4.78, 5) is 37.1. The average molecular weight is 426 g/mol. The van der Waals surface area contributed by atoms with Crippen LogP contribution in [0.2, 0.25) is 0 Å². The van der Waals surface area contributed by atoms with Crippen molar-refractivity contribution in [2.24, 2.45) is 0 Å². The number of H-pyrrole nitrogens is 1. The van der Waals surface area contributed by atoms with Crippen LogP contribution in [-0.4, -0.2) is 60.6 Å². The number of nitrogens with zero attached hydrogens (tertiary/aromatic N) is 3.